The van der Waals surface area contributed by atoms with Crippen molar-refractivity contribution in [3.63, 3.8) is 0 Å². The highest BCUT2D eigenvalue weighted by Gasteiger charge is 2.07. The zero-order valence-corrected chi connectivity index (χ0v) is 7.59. The first-order chi connectivity index (χ1) is 6.15. The van der Waals surface area contributed by atoms with Crippen molar-refractivity contribution in [1.29, 1.82) is 0 Å². The van der Waals surface area contributed by atoms with Crippen molar-refractivity contribution in [3.8, 4) is 11.8 Å². The summed E-state index contributed by atoms with van der Waals surface area (Å²) in [5.74, 6) is 4.51. The summed E-state index contributed by atoms with van der Waals surface area (Å²) >= 11 is 0. The molecule has 0 aliphatic rings. The van der Waals surface area contributed by atoms with Gasteiger partial charge in [-0.15, -0.1) is 5.92 Å². The van der Waals surface area contributed by atoms with Crippen molar-refractivity contribution >= 4 is 5.97 Å². The summed E-state index contributed by atoms with van der Waals surface area (Å²) in [5.41, 5.74) is 1.77. The van der Waals surface area contributed by atoms with Crippen LogP contribution in [0.4, 0.5) is 0 Å². The number of aryl methyl sites for hydroxylation is 1. The van der Waals surface area contributed by atoms with Crippen LogP contribution in [0.15, 0.2) is 18.2 Å². The number of rotatable bonds is 1. The fraction of sp³-hybridized carbons (Fsp3) is 0.182. The first kappa shape index (κ1) is 9.34. The van der Waals surface area contributed by atoms with Crippen molar-refractivity contribution in [2.24, 2.45) is 0 Å². The predicted octanol–water partition coefficient (Wildman–Crippen LogP) is 2.06. The molecule has 1 aromatic carbocycles. The van der Waals surface area contributed by atoms with Crippen LogP contribution in [0.1, 0.15) is 28.4 Å². The highest BCUT2D eigenvalue weighted by Crippen LogP contribution is 2.10. The van der Waals surface area contributed by atoms with Crippen molar-refractivity contribution in [2.75, 3.05) is 0 Å². The second-order valence-electron chi connectivity index (χ2n) is 2.73. The predicted molar refractivity (Wildman–Crippen MR) is 50.7 cm³/mol. The first-order valence-electron chi connectivity index (χ1n) is 3.92. The van der Waals surface area contributed by atoms with Crippen molar-refractivity contribution in [3.05, 3.63) is 34.9 Å². The standard InChI is InChI=1S/C11H10O2/c1-3-4-9-6-5-8(2)7-10(9)11(12)13/h5-7H,1-2H3,(H,12,13). The Balaban J connectivity index is 3.32. The Morgan fingerprint density at radius 1 is 1.46 bits per heavy atom. The molecule has 0 unspecified atom stereocenters. The largest absolute Gasteiger partial charge is 0.478 e. The quantitative estimate of drug-likeness (QED) is 0.662. The molecule has 0 fully saturated rings. The third-order valence-electron chi connectivity index (χ3n) is 1.67. The summed E-state index contributed by atoms with van der Waals surface area (Å²) in [6.07, 6.45) is 0. The minimum atomic E-state index is -0.929. The van der Waals surface area contributed by atoms with Crippen LogP contribution < -0.4 is 0 Å². The molecule has 0 bridgehead atoms. The normalized spacial score (nSPS) is 8.77. The van der Waals surface area contributed by atoms with Gasteiger partial charge in [-0.3, -0.25) is 0 Å². The Morgan fingerprint density at radius 3 is 2.69 bits per heavy atom. The minimum absolute atomic E-state index is 0.273. The average Bonchev–Trinajstić information content (AvgIpc) is 2.08. The molecule has 0 aliphatic carbocycles. The molecule has 0 spiro atoms. The van der Waals surface area contributed by atoms with E-state index in [0.29, 0.717) is 5.56 Å². The number of hydrogen-bond donors (Lipinski definition) is 1. The smallest absolute Gasteiger partial charge is 0.336 e. The van der Waals surface area contributed by atoms with Gasteiger partial charge in [0.2, 0.25) is 0 Å². The van der Waals surface area contributed by atoms with E-state index in [2.05, 4.69) is 11.8 Å². The lowest BCUT2D eigenvalue weighted by Gasteiger charge is -1.99. The van der Waals surface area contributed by atoms with Crippen LogP contribution >= 0.6 is 0 Å². The van der Waals surface area contributed by atoms with Crippen LogP contribution in [-0.4, -0.2) is 11.1 Å². The number of benzene rings is 1. The molecule has 1 N–H and O–H groups in total. The maximum atomic E-state index is 10.8. The Morgan fingerprint density at radius 2 is 2.15 bits per heavy atom. The van der Waals surface area contributed by atoms with Crippen LogP contribution in [0.5, 0.6) is 0 Å². The molecule has 2 nitrogen and oxygen atoms in total. The lowest BCUT2D eigenvalue weighted by atomic mass is 10.1. The van der Waals surface area contributed by atoms with Crippen LogP contribution in [0.2, 0.25) is 0 Å². The zero-order valence-electron chi connectivity index (χ0n) is 7.59. The monoisotopic (exact) mass is 174 g/mol. The molecule has 1 rings (SSSR count). The molecule has 0 atom stereocenters. The molecule has 66 valence electrons. The molecule has 2 heteroatoms. The molecule has 13 heavy (non-hydrogen) atoms. The topological polar surface area (TPSA) is 37.3 Å². The van der Waals surface area contributed by atoms with E-state index in [0.717, 1.165) is 5.56 Å². The summed E-state index contributed by atoms with van der Waals surface area (Å²) in [6.45, 7) is 3.54. The van der Waals surface area contributed by atoms with Gasteiger partial charge in [0.15, 0.2) is 0 Å². The molecule has 1 aromatic rings. The number of carboxylic acids is 1. The van der Waals surface area contributed by atoms with Gasteiger partial charge in [-0.25, -0.2) is 4.79 Å². The maximum Gasteiger partial charge on any atom is 0.336 e. The highest BCUT2D eigenvalue weighted by atomic mass is 16.4. The number of carbonyl (C=O) groups is 1. The average molecular weight is 174 g/mol. The van der Waals surface area contributed by atoms with Crippen LogP contribution in [-0.2, 0) is 0 Å². The van der Waals surface area contributed by atoms with Crippen molar-refractivity contribution < 1.29 is 9.90 Å². The molecule has 0 saturated carbocycles. The van der Waals surface area contributed by atoms with E-state index in [4.69, 9.17) is 5.11 Å². The van der Waals surface area contributed by atoms with E-state index in [1.807, 2.05) is 13.0 Å². The van der Waals surface area contributed by atoms with E-state index >= 15 is 0 Å². The second kappa shape index (κ2) is 3.77. The fourth-order valence-electron chi connectivity index (χ4n) is 1.08. The van der Waals surface area contributed by atoms with E-state index in [-0.39, 0.29) is 5.56 Å². The van der Waals surface area contributed by atoms with E-state index in [1.165, 1.54) is 0 Å². The Bertz CT molecular complexity index is 394. The molecule has 0 heterocycles. The van der Waals surface area contributed by atoms with Gasteiger partial charge >= 0.3 is 5.97 Å². The fourth-order valence-corrected chi connectivity index (χ4v) is 1.08. The van der Waals surface area contributed by atoms with Crippen molar-refractivity contribution in [2.45, 2.75) is 13.8 Å². The number of hydrogen-bond acceptors (Lipinski definition) is 1. The lowest BCUT2D eigenvalue weighted by molar-refractivity contribution is 0.0696. The van der Waals surface area contributed by atoms with Gasteiger partial charge in [0.1, 0.15) is 0 Å². The van der Waals surface area contributed by atoms with Crippen LogP contribution in [0.25, 0.3) is 0 Å². The summed E-state index contributed by atoms with van der Waals surface area (Å²) in [4.78, 5) is 10.8. The summed E-state index contributed by atoms with van der Waals surface area (Å²) in [5, 5.41) is 8.85. The van der Waals surface area contributed by atoms with Crippen LogP contribution in [0.3, 0.4) is 0 Å². The number of aromatic carboxylic acids is 1. The van der Waals surface area contributed by atoms with Crippen LogP contribution in [0, 0.1) is 18.8 Å². The van der Waals surface area contributed by atoms with E-state index in [1.54, 1.807) is 19.1 Å². The van der Waals surface area contributed by atoms with Gasteiger partial charge in [0.25, 0.3) is 0 Å². The molecular formula is C11H10O2. The Labute approximate surface area is 77.2 Å². The molecule has 0 radical (unpaired) electrons. The minimum Gasteiger partial charge on any atom is -0.478 e. The molecular weight excluding hydrogens is 164 g/mol. The van der Waals surface area contributed by atoms with E-state index in [9.17, 15) is 4.79 Å². The Kier molecular flexibility index (Phi) is 2.71. The third kappa shape index (κ3) is 2.09. The molecule has 0 amide bonds. The third-order valence-corrected chi connectivity index (χ3v) is 1.67. The molecule has 0 saturated heterocycles. The second-order valence-corrected chi connectivity index (χ2v) is 2.73. The summed E-state index contributed by atoms with van der Waals surface area (Å²) in [6, 6.07) is 5.21. The lowest BCUT2D eigenvalue weighted by Crippen LogP contribution is -2.00. The zero-order chi connectivity index (χ0) is 9.84. The molecule has 0 aromatic heterocycles. The SMILES string of the molecule is CC#Cc1ccc(C)cc1C(=O)O. The van der Waals surface area contributed by atoms with Gasteiger partial charge < -0.3 is 5.11 Å². The summed E-state index contributed by atoms with van der Waals surface area (Å²) in [7, 11) is 0. The molecule has 0 aliphatic heterocycles. The highest BCUT2D eigenvalue weighted by molar-refractivity contribution is 5.90. The van der Waals surface area contributed by atoms with Crippen molar-refractivity contribution in [1.82, 2.24) is 0 Å². The number of carboxylic acid groups (broad SMARTS) is 1. The Hall–Kier alpha value is -1.75. The summed E-state index contributed by atoms with van der Waals surface area (Å²) < 4.78 is 0. The van der Waals surface area contributed by atoms with Gasteiger partial charge in [0, 0.05) is 5.56 Å². The maximum absolute atomic E-state index is 10.8. The van der Waals surface area contributed by atoms with Gasteiger partial charge in [-0.05, 0) is 26.0 Å². The van der Waals surface area contributed by atoms with Gasteiger partial charge in [0.05, 0.1) is 5.56 Å². The van der Waals surface area contributed by atoms with Gasteiger partial charge in [-0.1, -0.05) is 17.6 Å². The first-order valence-corrected chi connectivity index (χ1v) is 3.92. The van der Waals surface area contributed by atoms with Gasteiger partial charge in [-0.2, -0.15) is 0 Å². The van der Waals surface area contributed by atoms with E-state index < -0.39 is 5.97 Å².